The smallest absolute Gasteiger partial charge is 0.295 e. The average Bonchev–Trinajstić information content (AvgIpc) is 3.05. The topological polar surface area (TPSA) is 76.1 Å². The molecule has 0 aromatic heterocycles. The standard InChI is InChI=1S/C28H35NO5/c1-18(2)34-16-8-15-29-24(19-11-13-21(14-12-19)28(3,4)5)23(26(31)27(29)32)25(30)20-9-7-10-22(17-20)33-6/h7,9-14,17-18,24,30H,8,15-16H2,1-6H3/t24-/m1/s1. The number of hydrogen-bond acceptors (Lipinski definition) is 5. The van der Waals surface area contributed by atoms with Crippen LogP contribution in [0.2, 0.25) is 0 Å². The molecule has 0 radical (unpaired) electrons. The average molecular weight is 466 g/mol. The Balaban J connectivity index is 2.06. The maximum atomic E-state index is 13.2. The van der Waals surface area contributed by atoms with Crippen molar-refractivity contribution in [1.29, 1.82) is 0 Å². The molecule has 182 valence electrons. The van der Waals surface area contributed by atoms with E-state index in [2.05, 4.69) is 20.8 Å². The normalized spacial score (nSPS) is 18.1. The van der Waals surface area contributed by atoms with Crippen LogP contribution in [-0.4, -0.2) is 48.1 Å². The monoisotopic (exact) mass is 465 g/mol. The van der Waals surface area contributed by atoms with E-state index in [4.69, 9.17) is 9.47 Å². The molecule has 0 saturated carbocycles. The number of benzene rings is 2. The van der Waals surface area contributed by atoms with Crippen molar-refractivity contribution in [2.75, 3.05) is 20.3 Å². The van der Waals surface area contributed by atoms with Gasteiger partial charge in [0, 0.05) is 18.7 Å². The number of rotatable bonds is 8. The second-order valence-electron chi connectivity index (χ2n) is 9.87. The van der Waals surface area contributed by atoms with Gasteiger partial charge < -0.3 is 19.5 Å². The first kappa shape index (κ1) is 25.5. The highest BCUT2D eigenvalue weighted by molar-refractivity contribution is 6.46. The lowest BCUT2D eigenvalue weighted by Crippen LogP contribution is -2.31. The van der Waals surface area contributed by atoms with E-state index in [9.17, 15) is 14.7 Å². The fraction of sp³-hybridized carbons (Fsp3) is 0.429. The van der Waals surface area contributed by atoms with Gasteiger partial charge in [0.05, 0.1) is 24.8 Å². The van der Waals surface area contributed by atoms with Crippen molar-refractivity contribution in [1.82, 2.24) is 4.90 Å². The lowest BCUT2D eigenvalue weighted by molar-refractivity contribution is -0.140. The number of nitrogens with zero attached hydrogens (tertiary/aromatic N) is 1. The molecule has 1 amide bonds. The summed E-state index contributed by atoms with van der Waals surface area (Å²) in [6, 6.07) is 14.1. The van der Waals surface area contributed by atoms with E-state index in [1.165, 1.54) is 7.11 Å². The third-order valence-corrected chi connectivity index (χ3v) is 5.97. The Kier molecular flexibility index (Phi) is 7.82. The number of ether oxygens (including phenoxy) is 2. The number of carbonyl (C=O) groups is 2. The number of ketones is 1. The zero-order valence-corrected chi connectivity index (χ0v) is 20.9. The third-order valence-electron chi connectivity index (χ3n) is 5.97. The Morgan fingerprint density at radius 2 is 1.76 bits per heavy atom. The first-order chi connectivity index (χ1) is 16.0. The molecule has 1 aliphatic heterocycles. The molecule has 1 N–H and O–H groups in total. The van der Waals surface area contributed by atoms with Crippen molar-refractivity contribution < 1.29 is 24.2 Å². The van der Waals surface area contributed by atoms with Crippen LogP contribution in [0.15, 0.2) is 54.1 Å². The summed E-state index contributed by atoms with van der Waals surface area (Å²) in [6.45, 7) is 11.1. The van der Waals surface area contributed by atoms with Gasteiger partial charge in [-0.05, 0) is 48.9 Å². The van der Waals surface area contributed by atoms with E-state index in [1.807, 2.05) is 38.1 Å². The van der Waals surface area contributed by atoms with Gasteiger partial charge in [-0.2, -0.15) is 0 Å². The van der Waals surface area contributed by atoms with Crippen molar-refractivity contribution in [3.05, 3.63) is 70.8 Å². The largest absolute Gasteiger partial charge is 0.507 e. The highest BCUT2D eigenvalue weighted by Crippen LogP contribution is 2.40. The van der Waals surface area contributed by atoms with E-state index in [-0.39, 0.29) is 22.9 Å². The Bertz CT molecular complexity index is 1060. The van der Waals surface area contributed by atoms with Crippen LogP contribution < -0.4 is 4.74 Å². The van der Waals surface area contributed by atoms with Crippen LogP contribution in [0.4, 0.5) is 0 Å². The minimum atomic E-state index is -0.685. The Hall–Kier alpha value is -3.12. The maximum Gasteiger partial charge on any atom is 0.295 e. The van der Waals surface area contributed by atoms with Crippen molar-refractivity contribution in [3.8, 4) is 5.75 Å². The van der Waals surface area contributed by atoms with Gasteiger partial charge in [0.2, 0.25) is 0 Å². The lowest BCUT2D eigenvalue weighted by Gasteiger charge is -2.26. The van der Waals surface area contributed by atoms with Crippen LogP contribution in [-0.2, 0) is 19.7 Å². The van der Waals surface area contributed by atoms with Gasteiger partial charge in [0.25, 0.3) is 11.7 Å². The number of aliphatic hydroxyl groups excluding tert-OH is 1. The molecule has 0 bridgehead atoms. The molecular weight excluding hydrogens is 430 g/mol. The number of methoxy groups -OCH3 is 1. The molecule has 0 aliphatic carbocycles. The lowest BCUT2D eigenvalue weighted by atomic mass is 9.85. The van der Waals surface area contributed by atoms with Crippen molar-refractivity contribution >= 4 is 17.4 Å². The number of likely N-dealkylation sites (tertiary alicyclic amines) is 1. The van der Waals surface area contributed by atoms with Gasteiger partial charge in [-0.25, -0.2) is 0 Å². The molecule has 2 aromatic carbocycles. The molecular formula is C28H35NO5. The minimum Gasteiger partial charge on any atom is -0.507 e. The number of Topliss-reactive ketones (excluding diaryl/α,β-unsaturated/α-hetero) is 1. The second-order valence-corrected chi connectivity index (χ2v) is 9.87. The van der Waals surface area contributed by atoms with E-state index in [0.29, 0.717) is 30.9 Å². The summed E-state index contributed by atoms with van der Waals surface area (Å²) in [5.41, 5.74) is 2.41. The predicted molar refractivity (Wildman–Crippen MR) is 133 cm³/mol. The molecule has 3 rings (SSSR count). The van der Waals surface area contributed by atoms with Crippen LogP contribution in [0.25, 0.3) is 5.76 Å². The van der Waals surface area contributed by atoms with Crippen LogP contribution in [0, 0.1) is 0 Å². The van der Waals surface area contributed by atoms with Gasteiger partial charge >= 0.3 is 0 Å². The Morgan fingerprint density at radius 3 is 2.35 bits per heavy atom. The Labute approximate surface area is 202 Å². The number of hydrogen-bond donors (Lipinski definition) is 1. The minimum absolute atomic E-state index is 0.0326. The Morgan fingerprint density at radius 1 is 1.09 bits per heavy atom. The molecule has 6 heteroatoms. The highest BCUT2D eigenvalue weighted by Gasteiger charge is 2.45. The molecule has 6 nitrogen and oxygen atoms in total. The number of amides is 1. The van der Waals surface area contributed by atoms with Gasteiger partial charge in [0.15, 0.2) is 0 Å². The van der Waals surface area contributed by atoms with Gasteiger partial charge in [0.1, 0.15) is 11.5 Å². The fourth-order valence-electron chi connectivity index (χ4n) is 4.10. The first-order valence-electron chi connectivity index (χ1n) is 11.7. The molecule has 1 heterocycles. The van der Waals surface area contributed by atoms with E-state index in [1.54, 1.807) is 29.2 Å². The quantitative estimate of drug-likeness (QED) is 0.250. The van der Waals surface area contributed by atoms with Crippen molar-refractivity contribution in [2.45, 2.75) is 58.6 Å². The summed E-state index contributed by atoms with van der Waals surface area (Å²) >= 11 is 0. The summed E-state index contributed by atoms with van der Waals surface area (Å²) < 4.78 is 10.9. The summed E-state index contributed by atoms with van der Waals surface area (Å²) in [4.78, 5) is 27.8. The molecule has 1 fully saturated rings. The van der Waals surface area contributed by atoms with Crippen LogP contribution in [0.5, 0.6) is 5.75 Å². The van der Waals surface area contributed by atoms with E-state index >= 15 is 0 Å². The molecule has 34 heavy (non-hydrogen) atoms. The summed E-state index contributed by atoms with van der Waals surface area (Å²) in [5.74, 6) is -0.952. The number of carbonyl (C=O) groups excluding carboxylic acids is 2. The van der Waals surface area contributed by atoms with Gasteiger partial charge in [-0.1, -0.05) is 57.2 Å². The summed E-state index contributed by atoms with van der Waals surface area (Å²) in [7, 11) is 1.54. The molecule has 1 aliphatic rings. The van der Waals surface area contributed by atoms with Gasteiger partial charge in [-0.15, -0.1) is 0 Å². The van der Waals surface area contributed by atoms with Crippen molar-refractivity contribution in [3.63, 3.8) is 0 Å². The van der Waals surface area contributed by atoms with Crippen LogP contribution in [0.3, 0.4) is 0 Å². The SMILES string of the molecule is COc1cccc(C(O)=C2C(=O)C(=O)N(CCCOC(C)C)[C@@H]2c2ccc(C(C)(C)C)cc2)c1. The van der Waals surface area contributed by atoms with E-state index < -0.39 is 17.7 Å². The molecule has 0 spiro atoms. The zero-order valence-electron chi connectivity index (χ0n) is 20.9. The van der Waals surface area contributed by atoms with Crippen molar-refractivity contribution in [2.24, 2.45) is 0 Å². The molecule has 0 unspecified atom stereocenters. The predicted octanol–water partition coefficient (Wildman–Crippen LogP) is 5.23. The van der Waals surface area contributed by atoms with E-state index in [0.717, 1.165) is 11.1 Å². The second kappa shape index (κ2) is 10.4. The maximum absolute atomic E-state index is 13.2. The molecule has 2 aromatic rings. The highest BCUT2D eigenvalue weighted by atomic mass is 16.5. The molecule has 1 saturated heterocycles. The first-order valence-corrected chi connectivity index (χ1v) is 11.7. The third kappa shape index (κ3) is 5.50. The van der Waals surface area contributed by atoms with Crippen LogP contribution >= 0.6 is 0 Å². The summed E-state index contributed by atoms with van der Waals surface area (Å²) in [5, 5.41) is 11.2. The van der Waals surface area contributed by atoms with Gasteiger partial charge in [-0.3, -0.25) is 9.59 Å². The fourth-order valence-corrected chi connectivity index (χ4v) is 4.10. The number of aliphatic hydroxyl groups is 1. The summed E-state index contributed by atoms with van der Waals surface area (Å²) in [6.07, 6.45) is 0.672. The molecule has 1 atom stereocenters. The van der Waals surface area contributed by atoms with Crippen LogP contribution in [0.1, 0.15) is 63.8 Å². The zero-order chi connectivity index (χ0) is 25.0.